The summed E-state index contributed by atoms with van der Waals surface area (Å²) in [6.45, 7) is 4.21. The van der Waals surface area contributed by atoms with Crippen molar-refractivity contribution in [1.29, 1.82) is 0 Å². The molecule has 4 heteroatoms. The second-order valence-electron chi connectivity index (χ2n) is 3.39. The largest absolute Gasteiger partial charge is 0.441 e. The number of hydrogen-bond donors (Lipinski definition) is 0. The van der Waals surface area contributed by atoms with E-state index >= 15 is 0 Å². The SMILES string of the molecule is Cc1scc(-c2cnc(CCCl)o2)c1C. The van der Waals surface area contributed by atoms with Gasteiger partial charge in [-0.1, -0.05) is 0 Å². The lowest BCUT2D eigenvalue weighted by Gasteiger charge is -1.94. The highest BCUT2D eigenvalue weighted by molar-refractivity contribution is 7.10. The summed E-state index contributed by atoms with van der Waals surface area (Å²) < 4.78 is 5.62. The van der Waals surface area contributed by atoms with Crippen LogP contribution in [0.15, 0.2) is 16.0 Å². The Kier molecular flexibility index (Phi) is 3.12. The van der Waals surface area contributed by atoms with Crippen LogP contribution in [0.25, 0.3) is 11.3 Å². The van der Waals surface area contributed by atoms with Gasteiger partial charge < -0.3 is 4.42 Å². The number of halogens is 1. The molecule has 0 saturated heterocycles. The molecule has 0 aromatic carbocycles. The zero-order chi connectivity index (χ0) is 10.8. The van der Waals surface area contributed by atoms with Crippen molar-refractivity contribution in [1.82, 2.24) is 4.98 Å². The Balaban J connectivity index is 2.33. The molecule has 15 heavy (non-hydrogen) atoms. The number of nitrogens with zero attached hydrogens (tertiary/aromatic N) is 1. The molecule has 0 radical (unpaired) electrons. The van der Waals surface area contributed by atoms with Gasteiger partial charge in [0.1, 0.15) is 0 Å². The Morgan fingerprint density at radius 3 is 2.87 bits per heavy atom. The lowest BCUT2D eigenvalue weighted by molar-refractivity contribution is 0.514. The van der Waals surface area contributed by atoms with E-state index in [1.165, 1.54) is 10.4 Å². The van der Waals surface area contributed by atoms with Gasteiger partial charge in [0.15, 0.2) is 11.7 Å². The molecule has 0 atom stereocenters. The molecule has 0 N–H and O–H groups in total. The van der Waals surface area contributed by atoms with Gasteiger partial charge in [0.2, 0.25) is 0 Å². The number of aryl methyl sites for hydroxylation is 2. The number of rotatable bonds is 3. The van der Waals surface area contributed by atoms with E-state index in [1.54, 1.807) is 17.5 Å². The van der Waals surface area contributed by atoms with Crippen molar-refractivity contribution in [2.45, 2.75) is 20.3 Å². The number of alkyl halides is 1. The lowest BCUT2D eigenvalue weighted by atomic mass is 10.1. The van der Waals surface area contributed by atoms with E-state index in [-0.39, 0.29) is 0 Å². The Hall–Kier alpha value is -0.800. The van der Waals surface area contributed by atoms with Crippen LogP contribution < -0.4 is 0 Å². The van der Waals surface area contributed by atoms with E-state index in [0.29, 0.717) is 18.2 Å². The predicted molar refractivity (Wildman–Crippen MR) is 63.7 cm³/mol. The number of aromatic nitrogens is 1. The molecule has 2 rings (SSSR count). The highest BCUT2D eigenvalue weighted by Gasteiger charge is 2.11. The summed E-state index contributed by atoms with van der Waals surface area (Å²) in [7, 11) is 0. The standard InChI is InChI=1S/C11H12ClNOS/c1-7-8(2)15-6-9(7)10-5-13-11(14-10)3-4-12/h5-6H,3-4H2,1-2H3. The van der Waals surface area contributed by atoms with Crippen LogP contribution in [0.1, 0.15) is 16.3 Å². The van der Waals surface area contributed by atoms with Gasteiger partial charge in [-0.15, -0.1) is 22.9 Å². The van der Waals surface area contributed by atoms with Gasteiger partial charge in [0.25, 0.3) is 0 Å². The molecule has 0 aliphatic heterocycles. The van der Waals surface area contributed by atoms with E-state index in [4.69, 9.17) is 16.0 Å². The second kappa shape index (κ2) is 4.37. The van der Waals surface area contributed by atoms with Crippen LogP contribution >= 0.6 is 22.9 Å². The first kappa shape index (κ1) is 10.7. The monoisotopic (exact) mass is 241 g/mol. The lowest BCUT2D eigenvalue weighted by Crippen LogP contribution is -1.83. The molecule has 2 aromatic heterocycles. The summed E-state index contributed by atoms with van der Waals surface area (Å²) in [5, 5.41) is 2.11. The maximum Gasteiger partial charge on any atom is 0.196 e. The normalized spacial score (nSPS) is 10.9. The molecule has 0 fully saturated rings. The molecule has 0 aliphatic rings. The van der Waals surface area contributed by atoms with Gasteiger partial charge >= 0.3 is 0 Å². The zero-order valence-electron chi connectivity index (χ0n) is 8.71. The minimum atomic E-state index is 0.543. The number of hydrogen-bond acceptors (Lipinski definition) is 3. The Labute approximate surface area is 97.9 Å². The molecule has 0 amide bonds. The average Bonchev–Trinajstić information content (AvgIpc) is 2.77. The summed E-state index contributed by atoms with van der Waals surface area (Å²) in [5.41, 5.74) is 2.42. The van der Waals surface area contributed by atoms with E-state index in [2.05, 4.69) is 24.2 Å². The van der Waals surface area contributed by atoms with Crippen molar-refractivity contribution in [2.24, 2.45) is 0 Å². The molecule has 2 nitrogen and oxygen atoms in total. The van der Waals surface area contributed by atoms with Gasteiger partial charge in [-0.05, 0) is 19.4 Å². The van der Waals surface area contributed by atoms with E-state index < -0.39 is 0 Å². The molecule has 0 aliphatic carbocycles. The van der Waals surface area contributed by atoms with Gasteiger partial charge in [0, 0.05) is 28.1 Å². The minimum absolute atomic E-state index is 0.543. The molecule has 2 aromatic rings. The maximum atomic E-state index is 5.63. The summed E-state index contributed by atoms with van der Waals surface area (Å²) in [5.74, 6) is 2.10. The maximum absolute atomic E-state index is 5.63. The van der Waals surface area contributed by atoms with E-state index in [1.807, 2.05) is 0 Å². The van der Waals surface area contributed by atoms with Crippen molar-refractivity contribution in [3.63, 3.8) is 0 Å². The first-order valence-corrected chi connectivity index (χ1v) is 6.19. The van der Waals surface area contributed by atoms with Crippen molar-refractivity contribution in [3.05, 3.63) is 27.9 Å². The first-order chi connectivity index (χ1) is 7.22. The van der Waals surface area contributed by atoms with Crippen molar-refractivity contribution < 1.29 is 4.42 Å². The second-order valence-corrected chi connectivity index (χ2v) is 4.85. The fourth-order valence-corrected chi connectivity index (χ4v) is 2.42. The molecule has 0 spiro atoms. The quantitative estimate of drug-likeness (QED) is 0.764. The van der Waals surface area contributed by atoms with Gasteiger partial charge in [-0.3, -0.25) is 0 Å². The third-order valence-corrected chi connectivity index (χ3v) is 3.62. The molecule has 0 unspecified atom stereocenters. The predicted octanol–water partition coefficient (Wildman–Crippen LogP) is 3.80. The minimum Gasteiger partial charge on any atom is -0.441 e. The average molecular weight is 242 g/mol. The third kappa shape index (κ3) is 2.08. The Bertz CT molecular complexity index is 461. The third-order valence-electron chi connectivity index (χ3n) is 2.41. The summed E-state index contributed by atoms with van der Waals surface area (Å²) in [6, 6.07) is 0. The molecule has 0 saturated carbocycles. The summed E-state index contributed by atoms with van der Waals surface area (Å²) in [4.78, 5) is 5.51. The topological polar surface area (TPSA) is 26.0 Å². The van der Waals surface area contributed by atoms with Crippen LogP contribution in [0.2, 0.25) is 0 Å². The van der Waals surface area contributed by atoms with Crippen molar-refractivity contribution in [3.8, 4) is 11.3 Å². The highest BCUT2D eigenvalue weighted by Crippen LogP contribution is 2.30. The fourth-order valence-electron chi connectivity index (χ4n) is 1.39. The van der Waals surface area contributed by atoms with Gasteiger partial charge in [-0.25, -0.2) is 4.98 Å². The van der Waals surface area contributed by atoms with Crippen molar-refractivity contribution >= 4 is 22.9 Å². The fraction of sp³-hybridized carbons (Fsp3) is 0.364. The smallest absolute Gasteiger partial charge is 0.196 e. The Morgan fingerprint density at radius 2 is 2.27 bits per heavy atom. The van der Waals surface area contributed by atoms with Crippen LogP contribution in [-0.2, 0) is 6.42 Å². The molecular formula is C11H12ClNOS. The number of oxazole rings is 1. The van der Waals surface area contributed by atoms with Crippen LogP contribution in [0.4, 0.5) is 0 Å². The van der Waals surface area contributed by atoms with Crippen LogP contribution in [0.3, 0.4) is 0 Å². The van der Waals surface area contributed by atoms with Gasteiger partial charge in [0.05, 0.1) is 6.20 Å². The van der Waals surface area contributed by atoms with Crippen LogP contribution in [0, 0.1) is 13.8 Å². The molecular weight excluding hydrogens is 230 g/mol. The zero-order valence-corrected chi connectivity index (χ0v) is 10.3. The molecule has 80 valence electrons. The van der Waals surface area contributed by atoms with E-state index in [0.717, 1.165) is 11.3 Å². The van der Waals surface area contributed by atoms with Crippen LogP contribution in [0.5, 0.6) is 0 Å². The van der Waals surface area contributed by atoms with Crippen LogP contribution in [-0.4, -0.2) is 10.9 Å². The van der Waals surface area contributed by atoms with Gasteiger partial charge in [-0.2, -0.15) is 0 Å². The van der Waals surface area contributed by atoms with Crippen molar-refractivity contribution in [2.75, 3.05) is 5.88 Å². The summed E-state index contributed by atoms with van der Waals surface area (Å²) in [6.07, 6.45) is 2.46. The summed E-state index contributed by atoms with van der Waals surface area (Å²) >= 11 is 7.36. The molecule has 0 bridgehead atoms. The number of thiophene rings is 1. The Morgan fingerprint density at radius 1 is 1.47 bits per heavy atom. The highest BCUT2D eigenvalue weighted by atomic mass is 35.5. The first-order valence-electron chi connectivity index (χ1n) is 4.78. The molecule has 2 heterocycles. The van der Waals surface area contributed by atoms with E-state index in [9.17, 15) is 0 Å².